The summed E-state index contributed by atoms with van der Waals surface area (Å²) in [5, 5.41) is 0. The van der Waals surface area contributed by atoms with Crippen molar-refractivity contribution >= 4 is 71.8 Å². The van der Waals surface area contributed by atoms with E-state index in [-0.39, 0.29) is 0 Å². The van der Waals surface area contributed by atoms with E-state index in [4.69, 9.17) is 0 Å². The Bertz CT molecular complexity index is 130. The molecule has 6 heteroatoms. The minimum Gasteiger partial charge on any atom is -0.126 e. The fourth-order valence-corrected chi connectivity index (χ4v) is 12.2. The van der Waals surface area contributed by atoms with E-state index in [9.17, 15) is 0 Å². The van der Waals surface area contributed by atoms with Crippen molar-refractivity contribution in [1.29, 1.82) is 0 Å². The molecule has 0 spiro atoms. The second-order valence-electron chi connectivity index (χ2n) is 2.97. The second-order valence-corrected chi connectivity index (χ2v) is 35.7. The van der Waals surface area contributed by atoms with Crippen LogP contribution >= 0.6 is 61.2 Å². The van der Waals surface area contributed by atoms with Gasteiger partial charge in [0.05, 0.1) is 0 Å². The Kier molecular flexibility index (Phi) is 7.24. The number of hydrogen-bond acceptors (Lipinski definition) is 0. The molecule has 0 heterocycles. The van der Waals surface area contributed by atoms with Crippen LogP contribution in [-0.2, 0) is 0 Å². The van der Waals surface area contributed by atoms with Gasteiger partial charge in [-0.2, -0.15) is 0 Å². The lowest BCUT2D eigenvalue weighted by molar-refractivity contribution is 1.22. The van der Waals surface area contributed by atoms with Gasteiger partial charge in [-0.1, -0.05) is 71.8 Å². The van der Waals surface area contributed by atoms with Gasteiger partial charge < -0.3 is 0 Å². The fourth-order valence-electron chi connectivity index (χ4n) is 0.969. The predicted octanol–water partition coefficient (Wildman–Crippen LogP) is 5.49. The molecule has 0 bridgehead atoms. The Labute approximate surface area is 109 Å². The van der Waals surface area contributed by atoms with E-state index in [2.05, 4.69) is 75.0 Å². The van der Waals surface area contributed by atoms with Gasteiger partial charge in [0.1, 0.15) is 6.69 Å². The maximum Gasteiger partial charge on any atom is 0.267 e. The molecule has 0 fully saturated rings. The van der Waals surface area contributed by atoms with Crippen LogP contribution in [0.2, 0.25) is 24.2 Å². The lowest BCUT2D eigenvalue weighted by atomic mass is 10.9. The van der Waals surface area contributed by atoms with Gasteiger partial charge >= 0.3 is 0 Å². The normalized spacial score (nSPS) is 13.5. The molecule has 0 aromatic heterocycles. The molecule has 0 aliphatic heterocycles. The third-order valence-corrected chi connectivity index (χ3v) is 15.2. The van der Waals surface area contributed by atoms with Crippen molar-refractivity contribution in [2.24, 2.45) is 0 Å². The minimum absolute atomic E-state index is 1.05. The van der Waals surface area contributed by atoms with Gasteiger partial charge in [-0.15, -0.1) is 15.3 Å². The molecule has 74 valence electrons. The SMILES string of the molecule is CC[Si](Br)(CC)CC[Si](Br)(Br)Br. The highest BCUT2D eigenvalue weighted by molar-refractivity contribution is 9.72. The molecular weight excluding hydrogens is 448 g/mol. The number of halogens is 4. The standard InChI is InChI=1S/C6H14Br4Si2/c1-3-11(7,4-2)5-6-12(8,9)10/h3-6H2,1-2H3. The molecule has 0 atom stereocenters. The lowest BCUT2D eigenvalue weighted by Crippen LogP contribution is -2.25. The molecule has 12 heavy (non-hydrogen) atoms. The summed E-state index contributed by atoms with van der Waals surface area (Å²) in [4.78, 5) is 0. The van der Waals surface area contributed by atoms with Crippen molar-refractivity contribution in [3.8, 4) is 0 Å². The van der Waals surface area contributed by atoms with E-state index in [0.29, 0.717) is 0 Å². The largest absolute Gasteiger partial charge is 0.267 e. The summed E-state index contributed by atoms with van der Waals surface area (Å²) in [6.45, 7) is 3.54. The first-order valence-electron chi connectivity index (χ1n) is 4.08. The van der Waals surface area contributed by atoms with Gasteiger partial charge in [-0.3, -0.25) is 0 Å². The van der Waals surface area contributed by atoms with Crippen LogP contribution < -0.4 is 0 Å². The molecule has 0 saturated carbocycles. The second kappa shape index (κ2) is 6.05. The summed E-state index contributed by atoms with van der Waals surface area (Å²) < 4.78 is -1.36. The van der Waals surface area contributed by atoms with Crippen molar-refractivity contribution < 1.29 is 0 Å². The molecule has 0 aromatic carbocycles. The van der Waals surface area contributed by atoms with Crippen molar-refractivity contribution in [2.45, 2.75) is 38.0 Å². The van der Waals surface area contributed by atoms with E-state index in [1.165, 1.54) is 24.2 Å². The van der Waals surface area contributed by atoms with E-state index < -0.39 is 10.6 Å². The maximum absolute atomic E-state index is 3.93. The molecule has 0 aliphatic rings. The lowest BCUT2D eigenvalue weighted by Gasteiger charge is -2.23. The predicted molar refractivity (Wildman–Crippen MR) is 77.8 cm³/mol. The molecule has 0 aliphatic carbocycles. The van der Waals surface area contributed by atoms with Crippen LogP contribution in [0, 0.1) is 0 Å². The van der Waals surface area contributed by atoms with Gasteiger partial charge in [0.15, 0.2) is 0 Å². The van der Waals surface area contributed by atoms with Crippen LogP contribution in [0.1, 0.15) is 13.8 Å². The first-order chi connectivity index (χ1) is 5.33. The van der Waals surface area contributed by atoms with E-state index in [1.54, 1.807) is 0 Å². The molecule has 0 radical (unpaired) electrons. The molecule has 0 nitrogen and oxygen atoms in total. The van der Waals surface area contributed by atoms with E-state index in [0.717, 1.165) is 0 Å². The van der Waals surface area contributed by atoms with Crippen LogP contribution in [-0.4, -0.2) is 10.6 Å². The molecule has 0 rings (SSSR count). The fraction of sp³-hybridized carbons (Fsp3) is 1.00. The van der Waals surface area contributed by atoms with Crippen LogP contribution in [0.15, 0.2) is 0 Å². The average Bonchev–Trinajstić information content (AvgIpc) is 1.99. The third kappa shape index (κ3) is 6.76. The van der Waals surface area contributed by atoms with E-state index in [1.807, 2.05) is 0 Å². The Morgan fingerprint density at radius 1 is 0.833 bits per heavy atom. The molecule has 0 N–H and O–H groups in total. The number of hydrogen-bond donors (Lipinski definition) is 0. The molecule has 0 amide bonds. The summed E-state index contributed by atoms with van der Waals surface area (Å²) in [6.07, 6.45) is 0. The molecular formula is C6H14Br4Si2. The highest BCUT2D eigenvalue weighted by Gasteiger charge is 2.31. The Morgan fingerprint density at radius 3 is 1.50 bits per heavy atom. The van der Waals surface area contributed by atoms with Gasteiger partial charge in [0, 0.05) is 0 Å². The van der Waals surface area contributed by atoms with Crippen molar-refractivity contribution in [2.75, 3.05) is 0 Å². The van der Waals surface area contributed by atoms with Crippen molar-refractivity contribution in [3.05, 3.63) is 0 Å². The Balaban J connectivity index is 3.89. The number of rotatable bonds is 5. The smallest absolute Gasteiger partial charge is 0.126 e. The van der Waals surface area contributed by atoms with Crippen LogP contribution in [0.25, 0.3) is 0 Å². The average molecular weight is 462 g/mol. The first kappa shape index (κ1) is 14.4. The zero-order chi connectivity index (χ0) is 9.83. The summed E-state index contributed by atoms with van der Waals surface area (Å²) in [7, 11) is 0. The Hall–Kier alpha value is 2.35. The Morgan fingerprint density at radius 2 is 1.25 bits per heavy atom. The topological polar surface area (TPSA) is 0 Å². The summed E-state index contributed by atoms with van der Waals surface area (Å²) in [6, 6.07) is 5.28. The summed E-state index contributed by atoms with van der Waals surface area (Å²) >= 11 is 14.9. The zero-order valence-electron chi connectivity index (χ0n) is 7.34. The van der Waals surface area contributed by atoms with E-state index >= 15 is 0 Å². The summed E-state index contributed by atoms with van der Waals surface area (Å²) in [5.41, 5.74) is 0. The third-order valence-electron chi connectivity index (χ3n) is 2.12. The highest BCUT2D eigenvalue weighted by atomic mass is 80.0. The van der Waals surface area contributed by atoms with Crippen molar-refractivity contribution in [1.82, 2.24) is 0 Å². The molecule has 0 unspecified atom stereocenters. The van der Waals surface area contributed by atoms with Crippen LogP contribution in [0.3, 0.4) is 0 Å². The summed E-state index contributed by atoms with van der Waals surface area (Å²) in [5.74, 6) is 0. The van der Waals surface area contributed by atoms with Gasteiger partial charge in [-0.25, -0.2) is 0 Å². The highest BCUT2D eigenvalue weighted by Crippen LogP contribution is 2.38. The molecule has 0 saturated heterocycles. The zero-order valence-corrected chi connectivity index (χ0v) is 15.7. The van der Waals surface area contributed by atoms with Crippen LogP contribution in [0.5, 0.6) is 0 Å². The monoisotopic (exact) mass is 458 g/mol. The quantitative estimate of drug-likeness (QED) is 0.375. The van der Waals surface area contributed by atoms with Gasteiger partial charge in [0.2, 0.25) is 0 Å². The minimum atomic E-state index is -1.36. The van der Waals surface area contributed by atoms with Crippen LogP contribution in [0.4, 0.5) is 0 Å². The van der Waals surface area contributed by atoms with Crippen molar-refractivity contribution in [3.63, 3.8) is 0 Å². The van der Waals surface area contributed by atoms with Gasteiger partial charge in [0.25, 0.3) is 3.93 Å². The molecule has 0 aromatic rings. The van der Waals surface area contributed by atoms with Gasteiger partial charge in [-0.05, 0) is 12.1 Å². The maximum atomic E-state index is 3.93. The first-order valence-corrected chi connectivity index (χ1v) is 17.9.